The molecule has 1 atom stereocenters. The summed E-state index contributed by atoms with van der Waals surface area (Å²) >= 11 is 0. The molecule has 0 aromatic heterocycles. The van der Waals surface area contributed by atoms with Crippen LogP contribution in [-0.2, 0) is 20.9 Å². The van der Waals surface area contributed by atoms with E-state index in [1.807, 2.05) is 30.3 Å². The van der Waals surface area contributed by atoms with E-state index in [1.54, 1.807) is 13.8 Å². The Labute approximate surface area is 107 Å². The van der Waals surface area contributed by atoms with Crippen LogP contribution in [0.3, 0.4) is 0 Å². The van der Waals surface area contributed by atoms with E-state index >= 15 is 0 Å². The summed E-state index contributed by atoms with van der Waals surface area (Å²) in [4.78, 5) is 22.3. The molecular weight excluding hydrogens is 230 g/mol. The molecule has 4 heteroatoms. The van der Waals surface area contributed by atoms with Gasteiger partial charge in [0.25, 0.3) is 0 Å². The third kappa shape index (κ3) is 3.67. The zero-order valence-electron chi connectivity index (χ0n) is 10.8. The molecule has 2 N–H and O–H groups in total. The second-order valence-corrected chi connectivity index (χ2v) is 4.83. The standard InChI is InChI=1S/C14H19NO3/c1-14(2,13(15)17)12(8-16)10-18-9-11-6-4-3-5-7-11/h3-8,12H,9-10H2,1-2H3,(H2,15,17)/t12-/m0/s1. The highest BCUT2D eigenvalue weighted by Gasteiger charge is 2.35. The van der Waals surface area contributed by atoms with Gasteiger partial charge in [0.05, 0.1) is 24.5 Å². The second-order valence-electron chi connectivity index (χ2n) is 4.83. The van der Waals surface area contributed by atoms with Crippen LogP contribution in [0.15, 0.2) is 30.3 Å². The summed E-state index contributed by atoms with van der Waals surface area (Å²) in [5, 5.41) is 0. The van der Waals surface area contributed by atoms with Crippen LogP contribution in [0.5, 0.6) is 0 Å². The number of carbonyl (C=O) groups excluding carboxylic acids is 2. The summed E-state index contributed by atoms with van der Waals surface area (Å²) < 4.78 is 5.47. The highest BCUT2D eigenvalue weighted by atomic mass is 16.5. The minimum absolute atomic E-state index is 0.189. The smallest absolute Gasteiger partial charge is 0.223 e. The quantitative estimate of drug-likeness (QED) is 0.745. The normalized spacial score (nSPS) is 13.0. The van der Waals surface area contributed by atoms with E-state index in [2.05, 4.69) is 0 Å². The molecule has 0 fully saturated rings. The predicted molar refractivity (Wildman–Crippen MR) is 68.6 cm³/mol. The fraction of sp³-hybridized carbons (Fsp3) is 0.429. The summed E-state index contributed by atoms with van der Waals surface area (Å²) in [5.74, 6) is -1.03. The lowest BCUT2D eigenvalue weighted by atomic mass is 9.79. The number of amides is 1. The Kier molecular flexibility index (Phi) is 5.04. The van der Waals surface area contributed by atoms with Crippen molar-refractivity contribution in [2.24, 2.45) is 17.1 Å². The maximum atomic E-state index is 11.3. The maximum absolute atomic E-state index is 11.3. The summed E-state index contributed by atoms with van der Waals surface area (Å²) in [5.41, 5.74) is 5.41. The Morgan fingerprint density at radius 3 is 2.50 bits per heavy atom. The van der Waals surface area contributed by atoms with Crippen LogP contribution in [0.4, 0.5) is 0 Å². The molecule has 0 bridgehead atoms. The molecule has 0 aliphatic heterocycles. The van der Waals surface area contributed by atoms with E-state index in [9.17, 15) is 9.59 Å². The van der Waals surface area contributed by atoms with Crippen LogP contribution < -0.4 is 5.73 Å². The van der Waals surface area contributed by atoms with Crippen molar-refractivity contribution < 1.29 is 14.3 Å². The van der Waals surface area contributed by atoms with Crippen LogP contribution >= 0.6 is 0 Å². The SMILES string of the molecule is CC(C)(C(N)=O)[C@@H](C=O)COCc1ccccc1. The van der Waals surface area contributed by atoms with E-state index in [0.29, 0.717) is 6.61 Å². The summed E-state index contributed by atoms with van der Waals surface area (Å²) in [6, 6.07) is 9.64. The first-order valence-electron chi connectivity index (χ1n) is 5.85. The van der Waals surface area contributed by atoms with Crippen LogP contribution in [0.25, 0.3) is 0 Å². The monoisotopic (exact) mass is 249 g/mol. The van der Waals surface area contributed by atoms with E-state index in [4.69, 9.17) is 10.5 Å². The average Bonchev–Trinajstić information content (AvgIpc) is 2.35. The van der Waals surface area contributed by atoms with Crippen molar-refractivity contribution in [2.45, 2.75) is 20.5 Å². The van der Waals surface area contributed by atoms with Crippen molar-refractivity contribution in [3.8, 4) is 0 Å². The van der Waals surface area contributed by atoms with Crippen LogP contribution in [0.1, 0.15) is 19.4 Å². The molecule has 4 nitrogen and oxygen atoms in total. The Hall–Kier alpha value is -1.68. The Bertz CT molecular complexity index is 401. The summed E-state index contributed by atoms with van der Waals surface area (Å²) in [6.45, 7) is 3.91. The minimum atomic E-state index is -0.890. The van der Waals surface area contributed by atoms with Crippen LogP contribution in [0, 0.1) is 11.3 Å². The van der Waals surface area contributed by atoms with Gasteiger partial charge in [-0.1, -0.05) is 44.2 Å². The van der Waals surface area contributed by atoms with Gasteiger partial charge in [-0.25, -0.2) is 0 Å². The van der Waals surface area contributed by atoms with Crippen molar-refractivity contribution in [3.63, 3.8) is 0 Å². The molecule has 18 heavy (non-hydrogen) atoms. The molecule has 1 aromatic rings. The van der Waals surface area contributed by atoms with E-state index in [1.165, 1.54) is 0 Å². The summed E-state index contributed by atoms with van der Waals surface area (Å²) in [7, 11) is 0. The van der Waals surface area contributed by atoms with Crippen molar-refractivity contribution in [2.75, 3.05) is 6.61 Å². The second kappa shape index (κ2) is 6.31. The number of hydrogen-bond donors (Lipinski definition) is 1. The van der Waals surface area contributed by atoms with Gasteiger partial charge < -0.3 is 15.3 Å². The fourth-order valence-corrected chi connectivity index (χ4v) is 1.48. The topological polar surface area (TPSA) is 69.4 Å². The maximum Gasteiger partial charge on any atom is 0.223 e. The molecule has 0 radical (unpaired) electrons. The molecule has 0 aliphatic carbocycles. The molecule has 0 unspecified atom stereocenters. The third-order valence-electron chi connectivity index (χ3n) is 3.14. The number of hydrogen-bond acceptors (Lipinski definition) is 3. The first-order valence-corrected chi connectivity index (χ1v) is 5.85. The lowest BCUT2D eigenvalue weighted by Gasteiger charge is -2.26. The molecule has 98 valence electrons. The van der Waals surface area contributed by atoms with Crippen molar-refractivity contribution in [1.29, 1.82) is 0 Å². The van der Waals surface area contributed by atoms with Gasteiger partial charge in [-0.05, 0) is 5.56 Å². The molecule has 1 aromatic carbocycles. The molecule has 0 heterocycles. The molecule has 0 aliphatic rings. The van der Waals surface area contributed by atoms with Crippen molar-refractivity contribution in [1.82, 2.24) is 0 Å². The number of rotatable bonds is 7. The zero-order chi connectivity index (χ0) is 13.6. The number of aldehydes is 1. The molecular formula is C14H19NO3. The van der Waals surface area contributed by atoms with Crippen molar-refractivity contribution >= 4 is 12.2 Å². The van der Waals surface area contributed by atoms with Gasteiger partial charge in [-0.2, -0.15) is 0 Å². The number of primary amides is 1. The van der Waals surface area contributed by atoms with Gasteiger partial charge in [0.1, 0.15) is 6.29 Å². The Morgan fingerprint density at radius 2 is 2.00 bits per heavy atom. The molecule has 0 saturated carbocycles. The van der Waals surface area contributed by atoms with Gasteiger partial charge in [0.15, 0.2) is 0 Å². The molecule has 0 saturated heterocycles. The number of nitrogens with two attached hydrogens (primary N) is 1. The van der Waals surface area contributed by atoms with Gasteiger partial charge in [-0.15, -0.1) is 0 Å². The van der Waals surface area contributed by atoms with Crippen molar-refractivity contribution in [3.05, 3.63) is 35.9 Å². The lowest BCUT2D eigenvalue weighted by molar-refractivity contribution is -0.135. The third-order valence-corrected chi connectivity index (χ3v) is 3.14. The number of benzene rings is 1. The van der Waals surface area contributed by atoms with E-state index < -0.39 is 17.2 Å². The predicted octanol–water partition coefficient (Wildman–Crippen LogP) is 1.53. The van der Waals surface area contributed by atoms with Gasteiger partial charge in [0, 0.05) is 0 Å². The number of ether oxygens (including phenoxy) is 1. The largest absolute Gasteiger partial charge is 0.376 e. The Balaban J connectivity index is 2.51. The zero-order valence-corrected chi connectivity index (χ0v) is 10.8. The van der Waals surface area contributed by atoms with Gasteiger partial charge in [0.2, 0.25) is 5.91 Å². The number of carbonyl (C=O) groups is 2. The van der Waals surface area contributed by atoms with E-state index in [-0.39, 0.29) is 6.61 Å². The minimum Gasteiger partial charge on any atom is -0.376 e. The van der Waals surface area contributed by atoms with E-state index in [0.717, 1.165) is 11.8 Å². The molecule has 1 rings (SSSR count). The fourth-order valence-electron chi connectivity index (χ4n) is 1.48. The molecule has 1 amide bonds. The lowest BCUT2D eigenvalue weighted by Crippen LogP contribution is -2.41. The van der Waals surface area contributed by atoms with Crippen LogP contribution in [-0.4, -0.2) is 18.8 Å². The molecule has 0 spiro atoms. The highest BCUT2D eigenvalue weighted by Crippen LogP contribution is 2.25. The van der Waals surface area contributed by atoms with Gasteiger partial charge in [-0.3, -0.25) is 4.79 Å². The first kappa shape index (κ1) is 14.4. The highest BCUT2D eigenvalue weighted by molar-refractivity contribution is 5.83. The Morgan fingerprint density at radius 1 is 1.39 bits per heavy atom. The van der Waals surface area contributed by atoms with Crippen LogP contribution in [0.2, 0.25) is 0 Å². The first-order chi connectivity index (χ1) is 8.48. The van der Waals surface area contributed by atoms with Gasteiger partial charge >= 0.3 is 0 Å². The average molecular weight is 249 g/mol. The summed E-state index contributed by atoms with van der Waals surface area (Å²) in [6.07, 6.45) is 0.732.